The summed E-state index contributed by atoms with van der Waals surface area (Å²) in [6.07, 6.45) is 0. The number of aromatic nitrogens is 1. The fourth-order valence-electron chi connectivity index (χ4n) is 1.54. The van der Waals surface area contributed by atoms with E-state index in [1.807, 2.05) is 25.1 Å². The Balaban J connectivity index is 2.20. The van der Waals surface area contributed by atoms with E-state index in [0.717, 1.165) is 16.0 Å². The lowest BCUT2D eigenvalue weighted by Crippen LogP contribution is -2.34. The van der Waals surface area contributed by atoms with E-state index < -0.39 is 0 Å². The summed E-state index contributed by atoms with van der Waals surface area (Å²) in [6, 6.07) is 5.43. The standard InChI is InChI=1S/C13H17N3O2S/c1-7(8(2)14)12(17)16-13-15-10-5-4-9(18-3)6-11(10)19-13/h4-8H,14H2,1-3H3,(H,15,16,17). The van der Waals surface area contributed by atoms with Gasteiger partial charge >= 0.3 is 0 Å². The van der Waals surface area contributed by atoms with Crippen molar-refractivity contribution in [3.63, 3.8) is 0 Å². The molecule has 2 rings (SSSR count). The summed E-state index contributed by atoms with van der Waals surface area (Å²) >= 11 is 1.42. The van der Waals surface area contributed by atoms with Crippen LogP contribution in [0.25, 0.3) is 10.2 Å². The van der Waals surface area contributed by atoms with E-state index in [4.69, 9.17) is 10.5 Å². The second-order valence-electron chi connectivity index (χ2n) is 4.49. The molecule has 0 spiro atoms. The largest absolute Gasteiger partial charge is 0.497 e. The number of fused-ring (bicyclic) bond motifs is 1. The number of hydrogen-bond acceptors (Lipinski definition) is 5. The Hall–Kier alpha value is -1.66. The molecule has 1 heterocycles. The first-order valence-electron chi connectivity index (χ1n) is 6.02. The third-order valence-corrected chi connectivity index (χ3v) is 3.96. The molecular weight excluding hydrogens is 262 g/mol. The zero-order valence-electron chi connectivity index (χ0n) is 11.1. The van der Waals surface area contributed by atoms with Crippen molar-refractivity contribution in [1.29, 1.82) is 0 Å². The zero-order valence-corrected chi connectivity index (χ0v) is 12.0. The molecule has 3 N–H and O–H groups in total. The van der Waals surface area contributed by atoms with Gasteiger partial charge in [0.15, 0.2) is 5.13 Å². The Kier molecular flexibility index (Phi) is 4.01. The lowest BCUT2D eigenvalue weighted by molar-refractivity contribution is -0.119. The normalized spacial score (nSPS) is 14.1. The Morgan fingerprint density at radius 1 is 1.47 bits per heavy atom. The third kappa shape index (κ3) is 3.02. The maximum atomic E-state index is 11.9. The van der Waals surface area contributed by atoms with Gasteiger partial charge in [0.2, 0.25) is 5.91 Å². The number of nitrogens with zero attached hydrogens (tertiary/aromatic N) is 1. The average molecular weight is 279 g/mol. The highest BCUT2D eigenvalue weighted by Crippen LogP contribution is 2.29. The molecule has 102 valence electrons. The van der Waals surface area contributed by atoms with Gasteiger partial charge in [0.1, 0.15) is 5.75 Å². The van der Waals surface area contributed by atoms with Crippen LogP contribution in [0.2, 0.25) is 0 Å². The number of nitrogens with two attached hydrogens (primary N) is 1. The van der Waals surface area contributed by atoms with Gasteiger partial charge in [-0.25, -0.2) is 4.98 Å². The molecule has 2 atom stereocenters. The van der Waals surface area contributed by atoms with Gasteiger partial charge in [0.25, 0.3) is 0 Å². The molecule has 1 amide bonds. The van der Waals surface area contributed by atoms with Crippen molar-refractivity contribution in [1.82, 2.24) is 4.98 Å². The number of thiazole rings is 1. The predicted octanol–water partition coefficient (Wildman–Crippen LogP) is 2.23. The molecule has 1 aromatic heterocycles. The van der Waals surface area contributed by atoms with Crippen LogP contribution in [-0.2, 0) is 4.79 Å². The van der Waals surface area contributed by atoms with Crippen LogP contribution in [0.5, 0.6) is 5.75 Å². The molecule has 2 unspecified atom stereocenters. The number of amides is 1. The molecule has 0 bridgehead atoms. The number of nitrogens with one attached hydrogen (secondary N) is 1. The molecule has 6 heteroatoms. The van der Waals surface area contributed by atoms with Crippen LogP contribution in [0.15, 0.2) is 18.2 Å². The minimum atomic E-state index is -0.249. The van der Waals surface area contributed by atoms with Crippen LogP contribution in [0.4, 0.5) is 5.13 Å². The molecule has 19 heavy (non-hydrogen) atoms. The molecule has 5 nitrogen and oxygen atoms in total. The third-order valence-electron chi connectivity index (χ3n) is 3.03. The summed E-state index contributed by atoms with van der Waals surface area (Å²) in [5, 5.41) is 3.38. The number of ether oxygens (including phenoxy) is 1. The number of methoxy groups -OCH3 is 1. The minimum absolute atomic E-state index is 0.110. The van der Waals surface area contributed by atoms with Crippen molar-refractivity contribution in [3.05, 3.63) is 18.2 Å². The Bertz CT molecular complexity index is 595. The van der Waals surface area contributed by atoms with E-state index in [2.05, 4.69) is 10.3 Å². The molecule has 0 aliphatic rings. The zero-order chi connectivity index (χ0) is 14.0. The number of carbonyl (C=O) groups is 1. The van der Waals surface area contributed by atoms with Crippen molar-refractivity contribution >= 4 is 32.6 Å². The highest BCUT2D eigenvalue weighted by Gasteiger charge is 2.18. The van der Waals surface area contributed by atoms with E-state index >= 15 is 0 Å². The predicted molar refractivity (Wildman–Crippen MR) is 77.6 cm³/mol. The molecular formula is C13H17N3O2S. The van der Waals surface area contributed by atoms with Gasteiger partial charge in [-0.1, -0.05) is 18.3 Å². The van der Waals surface area contributed by atoms with Gasteiger partial charge in [-0.3, -0.25) is 4.79 Å². The van der Waals surface area contributed by atoms with Crippen LogP contribution < -0.4 is 15.8 Å². The molecule has 1 aromatic carbocycles. The van der Waals surface area contributed by atoms with Gasteiger partial charge < -0.3 is 15.8 Å². The molecule has 0 aliphatic heterocycles. The Morgan fingerprint density at radius 2 is 2.21 bits per heavy atom. The molecule has 0 saturated carbocycles. The minimum Gasteiger partial charge on any atom is -0.497 e. The van der Waals surface area contributed by atoms with Crippen molar-refractivity contribution in [3.8, 4) is 5.75 Å². The smallest absolute Gasteiger partial charge is 0.230 e. The number of anilines is 1. The van der Waals surface area contributed by atoms with Gasteiger partial charge in [0.05, 0.1) is 23.2 Å². The van der Waals surface area contributed by atoms with Crippen LogP contribution >= 0.6 is 11.3 Å². The molecule has 0 fully saturated rings. The topological polar surface area (TPSA) is 77.2 Å². The van der Waals surface area contributed by atoms with E-state index in [1.54, 1.807) is 14.0 Å². The Morgan fingerprint density at radius 3 is 2.84 bits per heavy atom. The second kappa shape index (κ2) is 5.54. The molecule has 0 radical (unpaired) electrons. The first-order valence-corrected chi connectivity index (χ1v) is 6.84. The number of hydrogen-bond donors (Lipinski definition) is 2. The van der Waals surface area contributed by atoms with Crippen molar-refractivity contribution < 1.29 is 9.53 Å². The van der Waals surface area contributed by atoms with Crippen LogP contribution in [0.1, 0.15) is 13.8 Å². The number of benzene rings is 1. The maximum absolute atomic E-state index is 11.9. The monoisotopic (exact) mass is 279 g/mol. The summed E-state index contributed by atoms with van der Waals surface area (Å²) < 4.78 is 6.13. The van der Waals surface area contributed by atoms with Gasteiger partial charge in [-0.15, -0.1) is 0 Å². The summed E-state index contributed by atoms with van der Waals surface area (Å²) in [7, 11) is 1.62. The molecule has 2 aromatic rings. The quantitative estimate of drug-likeness (QED) is 0.899. The van der Waals surface area contributed by atoms with Gasteiger partial charge in [-0.05, 0) is 25.1 Å². The summed E-state index contributed by atoms with van der Waals surface area (Å²) in [6.45, 7) is 3.61. The summed E-state index contributed by atoms with van der Waals surface area (Å²) in [4.78, 5) is 16.3. The lowest BCUT2D eigenvalue weighted by atomic mass is 10.0. The summed E-state index contributed by atoms with van der Waals surface area (Å²) in [5.41, 5.74) is 6.55. The van der Waals surface area contributed by atoms with E-state index in [1.165, 1.54) is 11.3 Å². The Labute approximate surface area is 115 Å². The molecule has 0 saturated heterocycles. The van der Waals surface area contributed by atoms with Crippen LogP contribution in [-0.4, -0.2) is 24.0 Å². The van der Waals surface area contributed by atoms with Crippen molar-refractivity contribution in [2.24, 2.45) is 11.7 Å². The van der Waals surface area contributed by atoms with Gasteiger partial charge in [0, 0.05) is 6.04 Å². The SMILES string of the molecule is COc1ccc2nc(NC(=O)C(C)C(C)N)sc2c1. The first kappa shape index (κ1) is 13.8. The first-order chi connectivity index (χ1) is 9.01. The lowest BCUT2D eigenvalue weighted by Gasteiger charge is -2.13. The van der Waals surface area contributed by atoms with Gasteiger partial charge in [-0.2, -0.15) is 0 Å². The van der Waals surface area contributed by atoms with E-state index in [-0.39, 0.29) is 17.9 Å². The van der Waals surface area contributed by atoms with Crippen LogP contribution in [0.3, 0.4) is 0 Å². The maximum Gasteiger partial charge on any atom is 0.230 e. The van der Waals surface area contributed by atoms with E-state index in [0.29, 0.717) is 5.13 Å². The second-order valence-corrected chi connectivity index (χ2v) is 5.52. The highest BCUT2D eigenvalue weighted by molar-refractivity contribution is 7.22. The van der Waals surface area contributed by atoms with E-state index in [9.17, 15) is 4.79 Å². The van der Waals surface area contributed by atoms with Crippen LogP contribution in [0, 0.1) is 5.92 Å². The van der Waals surface area contributed by atoms with Crippen molar-refractivity contribution in [2.45, 2.75) is 19.9 Å². The average Bonchev–Trinajstić information content (AvgIpc) is 2.78. The highest BCUT2D eigenvalue weighted by atomic mass is 32.1. The number of carbonyl (C=O) groups excluding carboxylic acids is 1. The fourth-order valence-corrected chi connectivity index (χ4v) is 2.44. The van der Waals surface area contributed by atoms with Crippen molar-refractivity contribution in [2.75, 3.05) is 12.4 Å². The fraction of sp³-hybridized carbons (Fsp3) is 0.385. The number of rotatable bonds is 4. The molecule has 0 aliphatic carbocycles. The summed E-state index contributed by atoms with van der Waals surface area (Å²) in [5.74, 6) is 0.417.